The molecule has 2 saturated heterocycles. The summed E-state index contributed by atoms with van der Waals surface area (Å²) in [7, 11) is 0. The summed E-state index contributed by atoms with van der Waals surface area (Å²) < 4.78 is 23.5. The minimum atomic E-state index is -0.568. The van der Waals surface area contributed by atoms with Crippen molar-refractivity contribution in [1.29, 1.82) is 0 Å². The van der Waals surface area contributed by atoms with Crippen LogP contribution in [0.1, 0.15) is 97.1 Å². The summed E-state index contributed by atoms with van der Waals surface area (Å²) in [5, 5.41) is 45.9. The lowest BCUT2D eigenvalue weighted by molar-refractivity contribution is -0.118. The summed E-state index contributed by atoms with van der Waals surface area (Å²) in [4.78, 5) is 47.3. The average Bonchev–Trinajstić information content (AvgIpc) is 3.07. The first-order chi connectivity index (χ1) is 25.8. The third-order valence-electron chi connectivity index (χ3n) is 9.68. The zero-order valence-electron chi connectivity index (χ0n) is 30.5. The maximum atomic E-state index is 12.7. The van der Waals surface area contributed by atoms with E-state index in [1.165, 1.54) is 38.4 Å². The van der Waals surface area contributed by atoms with E-state index in [0.717, 1.165) is 0 Å². The number of carbonyl (C=O) groups excluding carboxylic acids is 4. The molecule has 4 aliphatic rings. The quantitative estimate of drug-likeness (QED) is 0.234. The van der Waals surface area contributed by atoms with E-state index in [9.17, 15) is 39.6 Å². The number of rotatable bonds is 6. The van der Waals surface area contributed by atoms with Crippen LogP contribution in [0.25, 0.3) is 0 Å². The Bertz CT molecular complexity index is 1590. The van der Waals surface area contributed by atoms with Crippen LogP contribution in [-0.4, -0.2) is 93.0 Å². The van der Waals surface area contributed by atoms with Gasteiger partial charge in [-0.2, -0.15) is 0 Å². The number of esters is 2. The number of ether oxygens (including phenoxy) is 4. The van der Waals surface area contributed by atoms with Crippen molar-refractivity contribution in [2.24, 2.45) is 0 Å². The van der Waals surface area contributed by atoms with E-state index in [0.29, 0.717) is 75.3 Å². The number of aliphatic hydroxyl groups is 2. The van der Waals surface area contributed by atoms with Crippen LogP contribution in [0.15, 0.2) is 61.0 Å². The molecule has 6 rings (SSSR count). The molecule has 4 aliphatic heterocycles. The maximum Gasteiger partial charge on any atom is 0.342 e. The molecule has 2 aromatic carbocycles. The number of cyclic esters (lactones) is 2. The van der Waals surface area contributed by atoms with E-state index < -0.39 is 36.4 Å². The van der Waals surface area contributed by atoms with Crippen molar-refractivity contribution in [3.63, 3.8) is 0 Å². The Morgan fingerprint density at radius 3 is 1.43 bits per heavy atom. The van der Waals surface area contributed by atoms with E-state index in [1.807, 2.05) is 0 Å². The molecule has 0 radical (unpaired) electrons. The molecule has 4 bridgehead atoms. The van der Waals surface area contributed by atoms with Crippen LogP contribution in [0, 0.1) is 0 Å². The molecule has 4 heterocycles. The molecule has 2 fully saturated rings. The Morgan fingerprint density at radius 2 is 1.04 bits per heavy atom. The fourth-order valence-corrected chi connectivity index (χ4v) is 7.40. The highest BCUT2D eigenvalue weighted by Gasteiger charge is 2.36. The van der Waals surface area contributed by atoms with Gasteiger partial charge in [-0.25, -0.2) is 9.59 Å². The Balaban J connectivity index is 0.000000208. The monoisotopic (exact) mass is 750 g/mol. The van der Waals surface area contributed by atoms with Crippen molar-refractivity contribution in [3.8, 4) is 11.5 Å². The standard InChI is InChI=1S/2C20H25NO6/c2*1-12(22)21-7-3-5-15-11-17-10-14(23)9-16(26-17)8-13-4-2-6-18(24)19(13)20(25)27-15/h2*2-4,6-7,14-17,23-24H,5,8-11H2,1H3,(H,21,22)/b2*7-3+/t14-,15?,16+,17-;14-,15?,16-,17+/m10/s1. The van der Waals surface area contributed by atoms with Crippen molar-refractivity contribution in [3.05, 3.63) is 83.2 Å². The number of hydrogen-bond acceptors (Lipinski definition) is 12. The van der Waals surface area contributed by atoms with Crippen molar-refractivity contribution in [2.45, 2.75) is 127 Å². The lowest BCUT2D eigenvalue weighted by Crippen LogP contribution is -2.40. The van der Waals surface area contributed by atoms with Gasteiger partial charge in [0.2, 0.25) is 11.8 Å². The minimum absolute atomic E-state index is 0.126. The highest BCUT2D eigenvalue weighted by Crippen LogP contribution is 2.34. The Kier molecular flexibility index (Phi) is 14.2. The predicted octanol–water partition coefficient (Wildman–Crippen LogP) is 3.62. The molecule has 0 spiro atoms. The summed E-state index contributed by atoms with van der Waals surface area (Å²) in [5.74, 6) is -1.76. The smallest absolute Gasteiger partial charge is 0.342 e. The topological polar surface area (TPSA) is 210 Å². The number of phenols is 2. The van der Waals surface area contributed by atoms with E-state index in [1.54, 1.807) is 36.4 Å². The summed E-state index contributed by atoms with van der Waals surface area (Å²) >= 11 is 0. The molecule has 292 valence electrons. The number of aliphatic hydroxyl groups excluding tert-OH is 2. The summed E-state index contributed by atoms with van der Waals surface area (Å²) in [6.07, 6.45) is 8.12. The van der Waals surface area contributed by atoms with Gasteiger partial charge in [-0.3, -0.25) is 9.59 Å². The van der Waals surface area contributed by atoms with Crippen LogP contribution >= 0.6 is 0 Å². The minimum Gasteiger partial charge on any atom is -0.507 e. The van der Waals surface area contributed by atoms with Gasteiger partial charge in [-0.1, -0.05) is 36.4 Å². The summed E-state index contributed by atoms with van der Waals surface area (Å²) in [6, 6.07) is 9.80. The molecule has 2 amide bonds. The number of carbonyl (C=O) groups is 4. The van der Waals surface area contributed by atoms with E-state index in [4.69, 9.17) is 18.9 Å². The van der Waals surface area contributed by atoms with Crippen LogP contribution in [0.5, 0.6) is 11.5 Å². The third kappa shape index (κ3) is 11.6. The van der Waals surface area contributed by atoms with Crippen LogP contribution in [0.2, 0.25) is 0 Å². The van der Waals surface area contributed by atoms with E-state index >= 15 is 0 Å². The number of fused-ring (bicyclic) bond motifs is 6. The van der Waals surface area contributed by atoms with Crippen LogP contribution < -0.4 is 10.6 Å². The molecule has 8 atom stereocenters. The second-order valence-electron chi connectivity index (χ2n) is 14.2. The van der Waals surface area contributed by atoms with Gasteiger partial charge in [-0.05, 0) is 74.2 Å². The number of aromatic hydroxyl groups is 2. The fourth-order valence-electron chi connectivity index (χ4n) is 7.40. The summed E-state index contributed by atoms with van der Waals surface area (Å²) in [6.45, 7) is 2.82. The Morgan fingerprint density at radius 1 is 0.648 bits per heavy atom. The molecular formula is C40H50N2O12. The first-order valence-electron chi connectivity index (χ1n) is 18.4. The normalized spacial score (nSPS) is 28.3. The second-order valence-corrected chi connectivity index (χ2v) is 14.2. The highest BCUT2D eigenvalue weighted by atomic mass is 16.6. The fraction of sp³-hybridized carbons (Fsp3) is 0.500. The molecule has 54 heavy (non-hydrogen) atoms. The number of amides is 2. The van der Waals surface area contributed by atoms with E-state index in [2.05, 4.69) is 10.6 Å². The van der Waals surface area contributed by atoms with Gasteiger partial charge in [-0.15, -0.1) is 0 Å². The Hall–Kier alpha value is -4.76. The number of phenolic OH excluding ortho intramolecular Hbond substituents is 2. The molecule has 2 aromatic rings. The van der Waals surface area contributed by atoms with Gasteiger partial charge in [0.1, 0.15) is 34.8 Å². The van der Waals surface area contributed by atoms with Gasteiger partial charge < -0.3 is 50.0 Å². The number of hydrogen-bond donors (Lipinski definition) is 6. The second kappa shape index (κ2) is 19.0. The number of nitrogens with one attached hydrogen (secondary N) is 2. The first kappa shape index (κ1) is 40.4. The predicted molar refractivity (Wildman–Crippen MR) is 194 cm³/mol. The Labute approximate surface area is 314 Å². The molecule has 0 aliphatic carbocycles. The van der Waals surface area contributed by atoms with Crippen molar-refractivity contribution in [2.75, 3.05) is 0 Å². The van der Waals surface area contributed by atoms with Gasteiger partial charge in [0.15, 0.2) is 0 Å². The first-order valence-corrected chi connectivity index (χ1v) is 18.4. The third-order valence-corrected chi connectivity index (χ3v) is 9.68. The van der Waals surface area contributed by atoms with Gasteiger partial charge in [0.05, 0.1) is 36.6 Å². The molecule has 0 saturated carbocycles. The van der Waals surface area contributed by atoms with Crippen LogP contribution in [-0.2, 0) is 41.4 Å². The largest absolute Gasteiger partial charge is 0.507 e. The van der Waals surface area contributed by atoms with Crippen LogP contribution in [0.4, 0.5) is 0 Å². The highest BCUT2D eigenvalue weighted by molar-refractivity contribution is 5.95. The zero-order valence-corrected chi connectivity index (χ0v) is 30.5. The van der Waals surface area contributed by atoms with Crippen molar-refractivity contribution < 1.29 is 58.6 Å². The van der Waals surface area contributed by atoms with Crippen LogP contribution in [0.3, 0.4) is 0 Å². The average molecular weight is 751 g/mol. The van der Waals surface area contributed by atoms with Crippen molar-refractivity contribution >= 4 is 23.8 Å². The summed E-state index contributed by atoms with van der Waals surface area (Å²) in [5.41, 5.74) is 1.59. The molecule has 14 nitrogen and oxygen atoms in total. The maximum absolute atomic E-state index is 12.7. The lowest BCUT2D eigenvalue weighted by atomic mass is 9.91. The zero-order chi connectivity index (χ0) is 38.8. The molecule has 2 unspecified atom stereocenters. The molecule has 0 aromatic heterocycles. The number of benzene rings is 2. The SMILES string of the molecule is CC(=O)N/C=C/CC1C[C@H]2C[C@@H](O)C[C@H](Cc3cccc(O)c3C(=O)O1)O2.CC(=O)N/C=C/CC1C[C@H]2C[C@H](O)C[C@H](Cc3cccc(O)c3C(=O)O1)O2. The molecule has 6 N–H and O–H groups in total. The van der Waals surface area contributed by atoms with Gasteiger partial charge >= 0.3 is 11.9 Å². The van der Waals surface area contributed by atoms with Crippen molar-refractivity contribution in [1.82, 2.24) is 10.6 Å². The lowest BCUT2D eigenvalue weighted by Gasteiger charge is -2.36. The molecular weight excluding hydrogens is 700 g/mol. The molecule has 14 heteroatoms. The van der Waals surface area contributed by atoms with Gasteiger partial charge in [0.25, 0.3) is 0 Å². The van der Waals surface area contributed by atoms with Gasteiger partial charge in [0, 0.05) is 39.5 Å². The van der Waals surface area contributed by atoms with E-state index in [-0.39, 0.29) is 58.9 Å².